The van der Waals surface area contributed by atoms with Crippen molar-refractivity contribution in [1.29, 1.82) is 0 Å². The van der Waals surface area contributed by atoms with Crippen molar-refractivity contribution in [2.45, 2.75) is 0 Å². The molecule has 0 saturated heterocycles. The second-order valence-electron chi connectivity index (χ2n) is 2.28. The molecule has 0 aliphatic heterocycles. The van der Waals surface area contributed by atoms with Gasteiger partial charge in [0.05, 0.1) is 10.2 Å². The second kappa shape index (κ2) is 3.10. The highest BCUT2D eigenvalue weighted by molar-refractivity contribution is 9.10. The van der Waals surface area contributed by atoms with E-state index in [1.165, 1.54) is 11.3 Å². The highest BCUT2D eigenvalue weighted by Crippen LogP contribution is 2.30. The van der Waals surface area contributed by atoms with Gasteiger partial charge in [0, 0.05) is 9.50 Å². The molecule has 0 atom stereocenters. The highest BCUT2D eigenvalue weighted by Gasteiger charge is 2.02. The van der Waals surface area contributed by atoms with Crippen LogP contribution in [0.5, 0.6) is 0 Å². The first-order valence-electron chi connectivity index (χ1n) is 3.15. The summed E-state index contributed by atoms with van der Waals surface area (Å²) in [5.74, 6) is 0. The fourth-order valence-corrected chi connectivity index (χ4v) is 3.26. The fourth-order valence-electron chi connectivity index (χ4n) is 0.979. The molecule has 1 nitrogen and oxygen atoms in total. The van der Waals surface area contributed by atoms with Crippen LogP contribution in [0.2, 0.25) is 5.02 Å². The summed E-state index contributed by atoms with van der Waals surface area (Å²) in [5.41, 5.74) is 1.02. The summed E-state index contributed by atoms with van der Waals surface area (Å²) >= 11 is 15.8. The molecule has 0 unspecified atom stereocenters. The van der Waals surface area contributed by atoms with Gasteiger partial charge in [-0.25, -0.2) is 0 Å². The van der Waals surface area contributed by atoms with Crippen molar-refractivity contribution in [2.24, 2.45) is 0 Å². The number of fused-ring (bicyclic) bond motifs is 1. The van der Waals surface area contributed by atoms with Gasteiger partial charge in [-0.3, -0.25) is 0 Å². The molecule has 0 fully saturated rings. The lowest BCUT2D eigenvalue weighted by molar-refractivity contribution is 1.46. The molecule has 0 bridgehead atoms. The molecular weight excluding hydrogens is 278 g/mol. The monoisotopic (exact) mass is 279 g/mol. The van der Waals surface area contributed by atoms with Crippen molar-refractivity contribution in [3.05, 3.63) is 25.6 Å². The molecule has 0 aliphatic carbocycles. The SMILES string of the molecule is S=c1[nH]c2c(Br)cc(Cl)cc2s1. The minimum absolute atomic E-state index is 0.722. The van der Waals surface area contributed by atoms with Crippen LogP contribution in [0.4, 0.5) is 0 Å². The molecule has 1 aromatic heterocycles. The van der Waals surface area contributed by atoms with E-state index in [1.807, 2.05) is 12.1 Å². The minimum Gasteiger partial charge on any atom is -0.336 e. The smallest absolute Gasteiger partial charge is 0.159 e. The summed E-state index contributed by atoms with van der Waals surface area (Å²) < 4.78 is 2.81. The molecule has 0 aliphatic rings. The van der Waals surface area contributed by atoms with E-state index in [9.17, 15) is 0 Å². The first-order chi connectivity index (χ1) is 5.66. The number of rotatable bonds is 0. The molecule has 1 aromatic carbocycles. The van der Waals surface area contributed by atoms with Crippen LogP contribution in [0.1, 0.15) is 0 Å². The molecule has 1 heterocycles. The number of nitrogens with one attached hydrogen (secondary N) is 1. The first-order valence-corrected chi connectivity index (χ1v) is 5.54. The zero-order valence-corrected chi connectivity index (χ0v) is 9.70. The second-order valence-corrected chi connectivity index (χ2v) is 5.28. The minimum atomic E-state index is 0.722. The van der Waals surface area contributed by atoms with Crippen LogP contribution in [0.25, 0.3) is 10.2 Å². The third-order valence-corrected chi connectivity index (χ3v) is 3.47. The summed E-state index contributed by atoms with van der Waals surface area (Å²) in [4.78, 5) is 3.08. The van der Waals surface area contributed by atoms with Crippen molar-refractivity contribution < 1.29 is 0 Å². The molecule has 62 valence electrons. The van der Waals surface area contributed by atoms with Crippen LogP contribution in [0, 0.1) is 3.95 Å². The van der Waals surface area contributed by atoms with Gasteiger partial charge in [0.15, 0.2) is 3.95 Å². The van der Waals surface area contributed by atoms with E-state index >= 15 is 0 Å². The lowest BCUT2D eigenvalue weighted by Gasteiger charge is -1.93. The predicted molar refractivity (Wildman–Crippen MR) is 59.7 cm³/mol. The van der Waals surface area contributed by atoms with Crippen LogP contribution in [-0.4, -0.2) is 4.98 Å². The molecule has 2 rings (SSSR count). The number of halogens is 2. The fraction of sp³-hybridized carbons (Fsp3) is 0. The van der Waals surface area contributed by atoms with E-state index in [4.69, 9.17) is 23.8 Å². The normalized spacial score (nSPS) is 10.8. The Balaban J connectivity index is 2.97. The van der Waals surface area contributed by atoms with Crippen molar-refractivity contribution in [3.8, 4) is 0 Å². The van der Waals surface area contributed by atoms with Gasteiger partial charge in [-0.2, -0.15) is 0 Å². The molecule has 5 heteroatoms. The van der Waals surface area contributed by atoms with Crippen LogP contribution >= 0.6 is 51.1 Å². The Bertz CT molecular complexity index is 488. The average Bonchev–Trinajstić information content (AvgIpc) is 2.29. The molecule has 0 saturated carbocycles. The lowest BCUT2D eigenvalue weighted by atomic mass is 10.3. The molecule has 0 spiro atoms. The van der Waals surface area contributed by atoms with Gasteiger partial charge < -0.3 is 4.98 Å². The number of H-pyrrole nitrogens is 1. The topological polar surface area (TPSA) is 15.8 Å². The van der Waals surface area contributed by atoms with Gasteiger partial charge >= 0.3 is 0 Å². The Morgan fingerprint density at radius 2 is 2.25 bits per heavy atom. The summed E-state index contributed by atoms with van der Waals surface area (Å²) in [7, 11) is 0. The van der Waals surface area contributed by atoms with Crippen LogP contribution in [0.15, 0.2) is 16.6 Å². The average molecular weight is 281 g/mol. The molecular formula is C7H3BrClNS2. The number of aromatic amines is 1. The number of thiazole rings is 1. The Hall–Kier alpha value is 0.1000. The zero-order chi connectivity index (χ0) is 8.72. The van der Waals surface area contributed by atoms with Crippen molar-refractivity contribution in [3.63, 3.8) is 0 Å². The van der Waals surface area contributed by atoms with Crippen LogP contribution in [0.3, 0.4) is 0 Å². The maximum Gasteiger partial charge on any atom is 0.159 e. The summed E-state index contributed by atoms with van der Waals surface area (Å²) in [6.07, 6.45) is 0. The Morgan fingerprint density at radius 1 is 1.50 bits per heavy atom. The quantitative estimate of drug-likeness (QED) is 0.708. The number of hydrogen-bond donors (Lipinski definition) is 1. The van der Waals surface area contributed by atoms with E-state index in [0.29, 0.717) is 0 Å². The third kappa shape index (κ3) is 1.44. The van der Waals surface area contributed by atoms with Crippen molar-refractivity contribution >= 4 is 61.3 Å². The standard InChI is InChI=1S/C7H3BrClNS2/c8-4-1-3(9)2-5-6(4)10-7(11)12-5/h1-2H,(H,10,11). The first kappa shape index (κ1) is 8.69. The van der Waals surface area contributed by atoms with Gasteiger partial charge in [-0.15, -0.1) is 11.3 Å². The van der Waals surface area contributed by atoms with Crippen molar-refractivity contribution in [1.82, 2.24) is 4.98 Å². The van der Waals surface area contributed by atoms with Crippen LogP contribution < -0.4 is 0 Å². The number of benzene rings is 1. The maximum atomic E-state index is 5.86. The highest BCUT2D eigenvalue weighted by atomic mass is 79.9. The van der Waals surface area contributed by atoms with E-state index in [-0.39, 0.29) is 0 Å². The van der Waals surface area contributed by atoms with E-state index in [2.05, 4.69) is 20.9 Å². The molecule has 0 radical (unpaired) electrons. The van der Waals surface area contributed by atoms with Crippen molar-refractivity contribution in [2.75, 3.05) is 0 Å². The summed E-state index contributed by atoms with van der Waals surface area (Å²) in [6.45, 7) is 0. The Labute approximate surface area is 91.5 Å². The Kier molecular flexibility index (Phi) is 2.25. The summed E-state index contributed by atoms with van der Waals surface area (Å²) in [5, 5.41) is 0.722. The molecule has 12 heavy (non-hydrogen) atoms. The maximum absolute atomic E-state index is 5.86. The van der Waals surface area contributed by atoms with Gasteiger partial charge in [-0.05, 0) is 40.3 Å². The third-order valence-electron chi connectivity index (χ3n) is 1.45. The zero-order valence-electron chi connectivity index (χ0n) is 5.73. The lowest BCUT2D eigenvalue weighted by Crippen LogP contribution is -1.70. The van der Waals surface area contributed by atoms with Crippen LogP contribution in [-0.2, 0) is 0 Å². The Morgan fingerprint density at radius 3 is 3.00 bits per heavy atom. The number of hydrogen-bond acceptors (Lipinski definition) is 2. The van der Waals surface area contributed by atoms with Gasteiger partial charge in [0.25, 0.3) is 0 Å². The van der Waals surface area contributed by atoms with Gasteiger partial charge in [-0.1, -0.05) is 11.6 Å². The van der Waals surface area contributed by atoms with E-state index < -0.39 is 0 Å². The largest absolute Gasteiger partial charge is 0.336 e. The molecule has 1 N–H and O–H groups in total. The van der Waals surface area contributed by atoms with E-state index in [1.54, 1.807) is 0 Å². The number of aromatic nitrogens is 1. The molecule has 2 aromatic rings. The van der Waals surface area contributed by atoms with Gasteiger partial charge in [0.2, 0.25) is 0 Å². The summed E-state index contributed by atoms with van der Waals surface area (Å²) in [6, 6.07) is 3.75. The predicted octanol–water partition coefficient (Wildman–Crippen LogP) is 4.37. The molecule has 0 amide bonds. The van der Waals surface area contributed by atoms with Gasteiger partial charge in [0.1, 0.15) is 0 Å². The van der Waals surface area contributed by atoms with E-state index in [0.717, 1.165) is 23.7 Å².